The number of nitrogens with zero attached hydrogens (tertiary/aromatic N) is 2. The largest absolute Gasteiger partial charge is 0.405 e. The zero-order valence-electron chi connectivity index (χ0n) is 13.9. The van der Waals surface area contributed by atoms with Crippen molar-refractivity contribution in [3.05, 3.63) is 54.0 Å². The lowest BCUT2D eigenvalue weighted by molar-refractivity contribution is -0.121. The van der Waals surface area contributed by atoms with Gasteiger partial charge in [-0.05, 0) is 30.3 Å². The summed E-state index contributed by atoms with van der Waals surface area (Å²) in [6.45, 7) is -0.0978. The normalized spacial score (nSPS) is 11.2. The summed E-state index contributed by atoms with van der Waals surface area (Å²) in [6.07, 6.45) is -1.48. The Morgan fingerprint density at radius 1 is 1.15 bits per heavy atom. The monoisotopic (exact) mass is 384 g/mol. The van der Waals surface area contributed by atoms with Crippen LogP contribution in [0.15, 0.2) is 42.6 Å². The molecular weight excluding hydrogens is 365 g/mol. The van der Waals surface area contributed by atoms with Crippen LogP contribution in [0.2, 0.25) is 0 Å². The molecule has 0 spiro atoms. The number of aromatic nitrogens is 2. The third kappa shape index (κ3) is 8.21. The van der Waals surface area contributed by atoms with Crippen LogP contribution in [0.4, 0.5) is 19.0 Å². The van der Waals surface area contributed by atoms with Gasteiger partial charge in [0.05, 0.1) is 6.61 Å². The first kappa shape index (κ1) is 20.1. The number of rotatable bonds is 8. The van der Waals surface area contributed by atoms with Gasteiger partial charge in [-0.3, -0.25) is 0 Å². The molecular formula is C17H19F3N4OS. The smallest absolute Gasteiger partial charge is 0.377 e. The van der Waals surface area contributed by atoms with Crippen molar-refractivity contribution in [2.24, 2.45) is 0 Å². The van der Waals surface area contributed by atoms with Gasteiger partial charge in [0.25, 0.3) is 0 Å². The number of halogens is 3. The number of hydrogen-bond acceptors (Lipinski definition) is 4. The molecule has 0 aliphatic heterocycles. The van der Waals surface area contributed by atoms with E-state index < -0.39 is 12.7 Å². The van der Waals surface area contributed by atoms with Crippen molar-refractivity contribution < 1.29 is 17.9 Å². The van der Waals surface area contributed by atoms with Crippen molar-refractivity contribution in [3.8, 4) is 0 Å². The van der Waals surface area contributed by atoms with Crippen LogP contribution in [0.25, 0.3) is 0 Å². The van der Waals surface area contributed by atoms with E-state index in [1.165, 1.54) is 12.3 Å². The third-order valence-electron chi connectivity index (χ3n) is 3.20. The van der Waals surface area contributed by atoms with Crippen LogP contribution in [0.5, 0.6) is 0 Å². The fourth-order valence-electron chi connectivity index (χ4n) is 2.03. The summed E-state index contributed by atoms with van der Waals surface area (Å²) in [5.74, 6) is 0.914. The van der Waals surface area contributed by atoms with Crippen molar-refractivity contribution in [1.29, 1.82) is 0 Å². The summed E-state index contributed by atoms with van der Waals surface area (Å²) in [5.41, 5.74) is 1.11. The highest BCUT2D eigenvalue weighted by molar-refractivity contribution is 7.80. The van der Waals surface area contributed by atoms with Crippen LogP contribution in [-0.4, -0.2) is 34.4 Å². The van der Waals surface area contributed by atoms with Gasteiger partial charge in [-0.2, -0.15) is 13.2 Å². The van der Waals surface area contributed by atoms with Crippen LogP contribution < -0.4 is 10.6 Å². The zero-order valence-corrected chi connectivity index (χ0v) is 14.7. The number of alkyl halides is 3. The van der Waals surface area contributed by atoms with Crippen LogP contribution >= 0.6 is 12.2 Å². The first-order valence-electron chi connectivity index (χ1n) is 7.97. The Labute approximate surface area is 155 Å². The Morgan fingerprint density at radius 2 is 1.92 bits per heavy atom. The second-order valence-corrected chi connectivity index (χ2v) is 5.83. The lowest BCUT2D eigenvalue weighted by atomic mass is 10.2. The van der Waals surface area contributed by atoms with E-state index in [-0.39, 0.29) is 5.11 Å². The Balaban J connectivity index is 1.70. The molecule has 0 saturated heterocycles. The minimum Gasteiger partial charge on any atom is -0.377 e. The topological polar surface area (TPSA) is 59.1 Å². The second-order valence-electron chi connectivity index (χ2n) is 5.42. The molecule has 0 atom stereocenters. The molecule has 0 radical (unpaired) electrons. The fraction of sp³-hybridized carbons (Fsp3) is 0.353. The van der Waals surface area contributed by atoms with Gasteiger partial charge in [0.2, 0.25) is 0 Å². The van der Waals surface area contributed by atoms with Crippen molar-refractivity contribution in [2.75, 3.05) is 18.5 Å². The molecule has 26 heavy (non-hydrogen) atoms. The van der Waals surface area contributed by atoms with E-state index in [9.17, 15) is 13.2 Å². The lowest BCUT2D eigenvalue weighted by Crippen LogP contribution is -2.36. The second kappa shape index (κ2) is 10.0. The first-order chi connectivity index (χ1) is 12.4. The first-order valence-corrected chi connectivity index (χ1v) is 8.38. The average Bonchev–Trinajstić information content (AvgIpc) is 2.60. The molecule has 0 fully saturated rings. The van der Waals surface area contributed by atoms with Gasteiger partial charge in [-0.1, -0.05) is 30.3 Å². The van der Waals surface area contributed by atoms with E-state index >= 15 is 0 Å². The molecule has 0 unspecified atom stereocenters. The van der Waals surface area contributed by atoms with Gasteiger partial charge in [0, 0.05) is 19.2 Å². The van der Waals surface area contributed by atoms with Crippen molar-refractivity contribution in [2.45, 2.75) is 25.6 Å². The molecule has 0 aliphatic rings. The Hall–Kier alpha value is -2.26. The van der Waals surface area contributed by atoms with E-state index in [2.05, 4.69) is 20.6 Å². The van der Waals surface area contributed by atoms with Crippen molar-refractivity contribution >= 4 is 23.1 Å². The van der Waals surface area contributed by atoms with Crippen LogP contribution in [0, 0.1) is 0 Å². The van der Waals surface area contributed by atoms with E-state index in [0.29, 0.717) is 31.3 Å². The van der Waals surface area contributed by atoms with Gasteiger partial charge in [0.15, 0.2) is 5.11 Å². The Morgan fingerprint density at radius 3 is 2.65 bits per heavy atom. The maximum atomic E-state index is 12.1. The number of aryl methyl sites for hydroxylation is 1. The predicted octanol–water partition coefficient (Wildman–Crippen LogP) is 3.47. The standard InChI is InChI=1S/C17H19F3N4OS/c18-17(19,20)12-22-16(26)24-15-8-9-21-14(23-15)7-4-10-25-11-13-5-2-1-3-6-13/h1-3,5-6,8-9H,4,7,10-12H2,(H2,21,22,23,24,26). The molecule has 2 aromatic rings. The molecule has 0 bridgehead atoms. The lowest BCUT2D eigenvalue weighted by Gasteiger charge is -2.12. The van der Waals surface area contributed by atoms with Crippen LogP contribution in [-0.2, 0) is 17.8 Å². The molecule has 1 heterocycles. The number of hydrogen-bond donors (Lipinski definition) is 2. The summed E-state index contributed by atoms with van der Waals surface area (Å²) in [6, 6.07) is 11.4. The summed E-state index contributed by atoms with van der Waals surface area (Å²) < 4.78 is 42.0. The third-order valence-corrected chi connectivity index (χ3v) is 3.44. The van der Waals surface area contributed by atoms with Gasteiger partial charge < -0.3 is 15.4 Å². The van der Waals surface area contributed by atoms with Gasteiger partial charge in [-0.15, -0.1) is 0 Å². The molecule has 5 nitrogen and oxygen atoms in total. The fourth-order valence-corrected chi connectivity index (χ4v) is 2.20. The maximum absolute atomic E-state index is 12.1. The highest BCUT2D eigenvalue weighted by atomic mass is 32.1. The number of anilines is 1. The van der Waals surface area contributed by atoms with Gasteiger partial charge >= 0.3 is 6.18 Å². The summed E-state index contributed by atoms with van der Waals surface area (Å²) in [7, 11) is 0. The van der Waals surface area contributed by atoms with E-state index in [0.717, 1.165) is 12.0 Å². The Bertz CT molecular complexity index is 698. The van der Waals surface area contributed by atoms with Crippen molar-refractivity contribution in [3.63, 3.8) is 0 Å². The van der Waals surface area contributed by atoms with E-state index in [4.69, 9.17) is 17.0 Å². The average molecular weight is 384 g/mol. The summed E-state index contributed by atoms with van der Waals surface area (Å²) >= 11 is 4.81. The molecule has 140 valence electrons. The Kier molecular flexibility index (Phi) is 7.73. The molecule has 0 aliphatic carbocycles. The summed E-state index contributed by atoms with van der Waals surface area (Å²) in [5, 5.41) is 4.56. The van der Waals surface area contributed by atoms with Crippen molar-refractivity contribution in [1.82, 2.24) is 15.3 Å². The van der Waals surface area contributed by atoms with E-state index in [1.807, 2.05) is 30.3 Å². The number of ether oxygens (including phenoxy) is 1. The molecule has 1 aromatic carbocycles. The van der Waals surface area contributed by atoms with Gasteiger partial charge in [0.1, 0.15) is 18.2 Å². The molecule has 2 N–H and O–H groups in total. The zero-order chi connectivity index (χ0) is 18.8. The quantitative estimate of drug-likeness (QED) is 0.537. The maximum Gasteiger partial charge on any atom is 0.405 e. The predicted molar refractivity (Wildman–Crippen MR) is 96.7 cm³/mol. The minimum atomic E-state index is -4.33. The molecule has 0 saturated carbocycles. The number of nitrogens with one attached hydrogen (secondary N) is 2. The van der Waals surface area contributed by atoms with Crippen LogP contribution in [0.3, 0.4) is 0 Å². The minimum absolute atomic E-state index is 0.141. The van der Waals surface area contributed by atoms with Gasteiger partial charge in [-0.25, -0.2) is 9.97 Å². The summed E-state index contributed by atoms with van der Waals surface area (Å²) in [4.78, 5) is 8.36. The molecule has 9 heteroatoms. The SMILES string of the molecule is FC(F)(F)CNC(=S)Nc1ccnc(CCCOCc2ccccc2)n1. The number of thiocarbonyl (C=S) groups is 1. The van der Waals surface area contributed by atoms with E-state index in [1.54, 1.807) is 0 Å². The highest BCUT2D eigenvalue weighted by Crippen LogP contribution is 2.12. The highest BCUT2D eigenvalue weighted by Gasteiger charge is 2.27. The number of benzene rings is 1. The molecule has 0 amide bonds. The van der Waals surface area contributed by atoms with Crippen LogP contribution in [0.1, 0.15) is 17.8 Å². The molecule has 2 rings (SSSR count). The molecule has 1 aromatic heterocycles.